The molecule has 3 atom stereocenters. The molecule has 13 heteroatoms. The Morgan fingerprint density at radius 3 is 2.66 bits per heavy atom. The van der Waals surface area contributed by atoms with Gasteiger partial charge in [0.2, 0.25) is 5.82 Å². The van der Waals surface area contributed by atoms with E-state index < -0.39 is 17.8 Å². The topological polar surface area (TPSA) is 98.1 Å². The van der Waals surface area contributed by atoms with Crippen LogP contribution in [0.1, 0.15) is 29.8 Å². The molecule has 4 rings (SSSR count). The zero-order chi connectivity index (χ0) is 25.3. The summed E-state index contributed by atoms with van der Waals surface area (Å²) in [7, 11) is 1.62. The molecule has 35 heavy (non-hydrogen) atoms. The molecular weight excluding hydrogens is 487 g/mol. The van der Waals surface area contributed by atoms with Gasteiger partial charge in [0.1, 0.15) is 5.82 Å². The van der Waals surface area contributed by atoms with E-state index in [2.05, 4.69) is 25.7 Å². The van der Waals surface area contributed by atoms with Gasteiger partial charge in [-0.3, -0.25) is 4.79 Å². The largest absolute Gasteiger partial charge is 0.417 e. The number of halogens is 4. The molecule has 3 heterocycles. The van der Waals surface area contributed by atoms with Gasteiger partial charge in [-0.1, -0.05) is 11.6 Å². The van der Waals surface area contributed by atoms with Crippen molar-refractivity contribution in [2.75, 3.05) is 18.4 Å². The van der Waals surface area contributed by atoms with E-state index in [1.807, 2.05) is 13.8 Å². The molecule has 1 fully saturated rings. The highest BCUT2D eigenvalue weighted by Gasteiger charge is 2.37. The first-order valence-electron chi connectivity index (χ1n) is 10.8. The van der Waals surface area contributed by atoms with Crippen molar-refractivity contribution in [3.05, 3.63) is 52.7 Å². The first-order valence-corrected chi connectivity index (χ1v) is 11.2. The third kappa shape index (κ3) is 5.54. The number of rotatable bonds is 5. The highest BCUT2D eigenvalue weighted by Crippen LogP contribution is 2.30. The van der Waals surface area contributed by atoms with Crippen molar-refractivity contribution >= 4 is 23.3 Å². The molecule has 1 saturated heterocycles. The van der Waals surface area contributed by atoms with E-state index in [9.17, 15) is 18.0 Å². The molecule has 0 bridgehead atoms. The first-order chi connectivity index (χ1) is 16.5. The summed E-state index contributed by atoms with van der Waals surface area (Å²) in [5.74, 6) is 0.234. The van der Waals surface area contributed by atoms with E-state index in [4.69, 9.17) is 16.3 Å². The molecule has 1 aliphatic rings. The summed E-state index contributed by atoms with van der Waals surface area (Å²) in [5, 5.41) is 15.5. The summed E-state index contributed by atoms with van der Waals surface area (Å²) in [4.78, 5) is 20.6. The fourth-order valence-electron chi connectivity index (χ4n) is 3.99. The zero-order valence-corrected chi connectivity index (χ0v) is 19.9. The molecule has 1 amide bonds. The summed E-state index contributed by atoms with van der Waals surface area (Å²) < 4.78 is 44.4. The number of anilines is 1. The Bertz CT molecular complexity index is 1200. The number of hydrogen-bond acceptors (Lipinski definition) is 7. The van der Waals surface area contributed by atoms with E-state index in [1.54, 1.807) is 30.1 Å². The molecule has 3 aromatic rings. The number of ether oxygens (including phenoxy) is 1. The zero-order valence-electron chi connectivity index (χ0n) is 19.1. The highest BCUT2D eigenvalue weighted by atomic mass is 35.5. The third-order valence-corrected chi connectivity index (χ3v) is 5.88. The quantitative estimate of drug-likeness (QED) is 0.560. The predicted molar refractivity (Wildman–Crippen MR) is 122 cm³/mol. The molecule has 0 radical (unpaired) electrons. The van der Waals surface area contributed by atoms with Crippen molar-refractivity contribution in [3.8, 4) is 11.4 Å². The number of carbonyl (C=O) groups excluding carboxylic acids is 1. The number of morpholine rings is 1. The van der Waals surface area contributed by atoms with Gasteiger partial charge in [-0.05, 0) is 49.4 Å². The van der Waals surface area contributed by atoms with Crippen LogP contribution in [0.5, 0.6) is 0 Å². The monoisotopic (exact) mass is 509 g/mol. The smallest absolute Gasteiger partial charge is 0.372 e. The minimum Gasteiger partial charge on any atom is -0.372 e. The lowest BCUT2D eigenvalue weighted by Crippen LogP contribution is -2.58. The highest BCUT2D eigenvalue weighted by molar-refractivity contribution is 6.31. The third-order valence-electron chi connectivity index (χ3n) is 5.65. The Hall–Kier alpha value is -3.25. The van der Waals surface area contributed by atoms with Crippen LogP contribution in [0.3, 0.4) is 0 Å². The van der Waals surface area contributed by atoms with Crippen LogP contribution in [-0.4, -0.2) is 67.3 Å². The Balaban J connectivity index is 1.59. The number of aryl methyl sites for hydroxylation is 1. The van der Waals surface area contributed by atoms with Crippen LogP contribution < -0.4 is 5.32 Å². The van der Waals surface area contributed by atoms with E-state index in [-0.39, 0.29) is 36.3 Å². The summed E-state index contributed by atoms with van der Waals surface area (Å²) >= 11 is 6.21. The molecule has 2 aromatic heterocycles. The second kappa shape index (κ2) is 9.78. The van der Waals surface area contributed by atoms with Gasteiger partial charge < -0.3 is 15.0 Å². The number of hydrogen-bond donors (Lipinski definition) is 1. The van der Waals surface area contributed by atoms with Crippen LogP contribution >= 0.6 is 11.6 Å². The van der Waals surface area contributed by atoms with E-state index in [0.29, 0.717) is 22.7 Å². The van der Waals surface area contributed by atoms with Crippen LogP contribution in [0, 0.1) is 0 Å². The summed E-state index contributed by atoms with van der Waals surface area (Å²) in [6, 6.07) is 6.63. The number of benzene rings is 1. The molecule has 186 valence electrons. The van der Waals surface area contributed by atoms with Gasteiger partial charge in [-0.2, -0.15) is 18.0 Å². The first kappa shape index (κ1) is 24.9. The summed E-state index contributed by atoms with van der Waals surface area (Å²) in [6.45, 7) is 4.21. The van der Waals surface area contributed by atoms with Crippen LogP contribution in [0.2, 0.25) is 5.02 Å². The number of tetrazole rings is 1. The van der Waals surface area contributed by atoms with E-state index in [0.717, 1.165) is 12.3 Å². The van der Waals surface area contributed by atoms with Gasteiger partial charge in [-0.25, -0.2) is 4.98 Å². The molecule has 9 nitrogen and oxygen atoms in total. The number of nitrogens with one attached hydrogen (secondary N) is 1. The maximum Gasteiger partial charge on any atom is 0.417 e. The van der Waals surface area contributed by atoms with E-state index in [1.165, 1.54) is 10.9 Å². The van der Waals surface area contributed by atoms with Crippen molar-refractivity contribution in [1.29, 1.82) is 0 Å². The fourth-order valence-corrected chi connectivity index (χ4v) is 4.16. The Morgan fingerprint density at radius 2 is 2.03 bits per heavy atom. The minimum absolute atomic E-state index is 0.206. The number of carbonyl (C=O) groups is 1. The van der Waals surface area contributed by atoms with Gasteiger partial charge >= 0.3 is 6.18 Å². The average Bonchev–Trinajstić information content (AvgIpc) is 3.23. The van der Waals surface area contributed by atoms with Crippen molar-refractivity contribution in [2.45, 2.75) is 38.3 Å². The molecule has 0 unspecified atom stereocenters. The molecule has 0 spiro atoms. The normalized spacial score (nSPS) is 20.7. The second-order valence-corrected chi connectivity index (χ2v) is 8.72. The van der Waals surface area contributed by atoms with E-state index >= 15 is 0 Å². The van der Waals surface area contributed by atoms with Crippen LogP contribution in [-0.2, 0) is 18.0 Å². The number of aromatic nitrogens is 5. The molecule has 0 saturated carbocycles. The molecule has 0 aliphatic carbocycles. The number of alkyl halides is 3. The molecule has 1 aliphatic heterocycles. The number of nitrogens with zero attached hydrogens (tertiary/aromatic N) is 6. The Labute approximate surface area is 204 Å². The molecular formula is C22H23ClF3N7O2. The maximum atomic E-state index is 13.8. The standard InChI is InChI=1S/C22H23ClF3N7O2/c1-12-11-33(21(34)17-8-15(23)5-6-16(17)20-29-31-32(3)30-20)18(13(2)35-12)10-28-19-7-4-14(9-27-19)22(24,25)26/h4-9,12-13,18H,10-11H2,1-3H3,(H,27,28)/t12-,13+,18-/m1/s1. The molecule has 1 N–H and O–H groups in total. The average molecular weight is 510 g/mol. The number of amides is 1. The van der Waals surface area contributed by atoms with Crippen molar-refractivity contribution < 1.29 is 22.7 Å². The second-order valence-electron chi connectivity index (χ2n) is 8.28. The Kier molecular flexibility index (Phi) is 6.95. The van der Waals surface area contributed by atoms with Crippen molar-refractivity contribution in [3.63, 3.8) is 0 Å². The van der Waals surface area contributed by atoms with Crippen molar-refractivity contribution in [2.24, 2.45) is 7.05 Å². The lowest BCUT2D eigenvalue weighted by Gasteiger charge is -2.43. The molecule has 1 aromatic carbocycles. The maximum absolute atomic E-state index is 13.8. The van der Waals surface area contributed by atoms with Crippen molar-refractivity contribution in [1.82, 2.24) is 30.1 Å². The lowest BCUT2D eigenvalue weighted by atomic mass is 10.0. The van der Waals surface area contributed by atoms with Crippen LogP contribution in [0.4, 0.5) is 19.0 Å². The van der Waals surface area contributed by atoms with Crippen LogP contribution in [0.25, 0.3) is 11.4 Å². The van der Waals surface area contributed by atoms with Gasteiger partial charge in [0, 0.05) is 29.9 Å². The number of pyridine rings is 1. The predicted octanol–water partition coefficient (Wildman–Crippen LogP) is 3.67. The minimum atomic E-state index is -4.47. The fraction of sp³-hybridized carbons (Fsp3) is 0.409. The Morgan fingerprint density at radius 1 is 1.26 bits per heavy atom. The SMILES string of the molecule is C[C@@H]1CN(C(=O)c2cc(Cl)ccc2-c2nnn(C)n2)[C@H](CNc2ccc(C(F)(F)F)cn2)[C@H](C)O1. The van der Waals surface area contributed by atoms with Gasteiger partial charge in [0.15, 0.2) is 0 Å². The van der Waals surface area contributed by atoms with Gasteiger partial charge in [0.25, 0.3) is 5.91 Å². The lowest BCUT2D eigenvalue weighted by molar-refractivity contribution is -0.137. The van der Waals surface area contributed by atoms with Crippen LogP contribution in [0.15, 0.2) is 36.5 Å². The van der Waals surface area contributed by atoms with Gasteiger partial charge in [0.05, 0.1) is 36.4 Å². The summed E-state index contributed by atoms with van der Waals surface area (Å²) in [6.07, 6.45) is -4.29. The van der Waals surface area contributed by atoms with Gasteiger partial charge in [-0.15, -0.1) is 10.2 Å². The summed E-state index contributed by atoms with van der Waals surface area (Å²) in [5.41, 5.74) is -0.0472.